The van der Waals surface area contributed by atoms with Gasteiger partial charge in [0.2, 0.25) is 0 Å². The summed E-state index contributed by atoms with van der Waals surface area (Å²) in [6.07, 6.45) is 4.18. The lowest BCUT2D eigenvalue weighted by molar-refractivity contribution is 0.303. The third kappa shape index (κ3) is 3.73. The fourth-order valence-electron chi connectivity index (χ4n) is 3.53. The second-order valence-electron chi connectivity index (χ2n) is 7.01. The third-order valence-corrected chi connectivity index (χ3v) is 5.99. The smallest absolute Gasteiger partial charge is 0.0497 e. The zero-order chi connectivity index (χ0) is 19.0. The summed E-state index contributed by atoms with van der Waals surface area (Å²) in [6.45, 7) is 0.825. The number of aryl methyl sites for hydroxylation is 1. The molecule has 0 fully saturated rings. The molecular formula is C21H23ClN4S. The molecule has 2 N–H and O–H groups in total. The highest BCUT2D eigenvalue weighted by Gasteiger charge is 2.19. The van der Waals surface area contributed by atoms with Gasteiger partial charge < -0.3 is 14.5 Å². The molecule has 2 aromatic carbocycles. The van der Waals surface area contributed by atoms with Crippen LogP contribution in [-0.4, -0.2) is 35.1 Å². The zero-order valence-corrected chi connectivity index (χ0v) is 17.2. The molecule has 4 aromatic rings. The van der Waals surface area contributed by atoms with E-state index in [1.54, 1.807) is 11.9 Å². The van der Waals surface area contributed by atoms with Crippen molar-refractivity contribution in [1.29, 1.82) is 0 Å². The minimum absolute atomic E-state index is 0.244. The Hall–Kier alpha value is -1.92. The Morgan fingerprint density at radius 1 is 1.19 bits per heavy atom. The molecule has 0 bridgehead atoms. The molecule has 27 heavy (non-hydrogen) atoms. The van der Waals surface area contributed by atoms with Gasteiger partial charge in [-0.1, -0.05) is 17.7 Å². The number of fused-ring (bicyclic) bond motifs is 2. The third-order valence-electron chi connectivity index (χ3n) is 4.96. The standard InChI is InChI=1S/C21H23ClN4S/c1-25(2)21(18-13-26(3)20-7-5-15(22)10-17(18)20)12-24-27-16-6-4-14-8-9-23-19(14)11-16/h4-11,13,21,23-24H,12H2,1-3H3. The lowest BCUT2D eigenvalue weighted by Gasteiger charge is -2.24. The molecule has 6 heteroatoms. The molecular weight excluding hydrogens is 376 g/mol. The predicted octanol–water partition coefficient (Wildman–Crippen LogP) is 5.21. The average molecular weight is 399 g/mol. The van der Waals surface area contributed by atoms with Crippen LogP contribution >= 0.6 is 23.5 Å². The van der Waals surface area contributed by atoms with E-state index in [1.165, 1.54) is 26.7 Å². The van der Waals surface area contributed by atoms with Crippen LogP contribution < -0.4 is 4.72 Å². The van der Waals surface area contributed by atoms with E-state index in [4.69, 9.17) is 11.6 Å². The number of benzene rings is 2. The number of hydrogen-bond acceptors (Lipinski definition) is 3. The minimum Gasteiger partial charge on any atom is -0.361 e. The van der Waals surface area contributed by atoms with Gasteiger partial charge in [-0.3, -0.25) is 4.72 Å². The van der Waals surface area contributed by atoms with Gasteiger partial charge in [0.15, 0.2) is 0 Å². The number of nitrogens with zero attached hydrogens (tertiary/aromatic N) is 2. The maximum Gasteiger partial charge on any atom is 0.0497 e. The van der Waals surface area contributed by atoms with E-state index in [1.807, 2.05) is 12.3 Å². The van der Waals surface area contributed by atoms with Crippen LogP contribution in [0.15, 0.2) is 59.8 Å². The summed E-state index contributed by atoms with van der Waals surface area (Å²) in [6, 6.07) is 14.9. The number of halogens is 1. The lowest BCUT2D eigenvalue weighted by atomic mass is 10.1. The molecule has 0 amide bonds. The summed E-state index contributed by atoms with van der Waals surface area (Å²) in [7, 11) is 6.32. The van der Waals surface area contributed by atoms with Crippen LogP contribution in [0.4, 0.5) is 0 Å². The Morgan fingerprint density at radius 2 is 2.04 bits per heavy atom. The van der Waals surface area contributed by atoms with E-state index in [-0.39, 0.29) is 6.04 Å². The van der Waals surface area contributed by atoms with Gasteiger partial charge >= 0.3 is 0 Å². The fraction of sp³-hybridized carbons (Fsp3) is 0.238. The Kier molecular flexibility index (Phi) is 5.19. The van der Waals surface area contributed by atoms with Crippen molar-refractivity contribution in [3.63, 3.8) is 0 Å². The monoisotopic (exact) mass is 398 g/mol. The minimum atomic E-state index is 0.244. The van der Waals surface area contributed by atoms with E-state index >= 15 is 0 Å². The topological polar surface area (TPSA) is 36.0 Å². The van der Waals surface area contributed by atoms with Crippen molar-refractivity contribution in [2.24, 2.45) is 7.05 Å². The van der Waals surface area contributed by atoms with Gasteiger partial charge in [-0.05, 0) is 73.4 Å². The quantitative estimate of drug-likeness (QED) is 0.437. The molecule has 0 aliphatic rings. The molecule has 2 aromatic heterocycles. The van der Waals surface area contributed by atoms with Crippen molar-refractivity contribution in [2.75, 3.05) is 20.6 Å². The second kappa shape index (κ2) is 7.60. The Labute approximate surface area is 168 Å². The van der Waals surface area contributed by atoms with Crippen LogP contribution in [0.1, 0.15) is 11.6 Å². The molecule has 1 unspecified atom stereocenters. The van der Waals surface area contributed by atoms with Crippen LogP contribution in [0.25, 0.3) is 21.8 Å². The summed E-state index contributed by atoms with van der Waals surface area (Å²) in [5, 5.41) is 3.22. The fourth-order valence-corrected chi connectivity index (χ4v) is 4.42. The first-order valence-corrected chi connectivity index (χ1v) is 10.1. The van der Waals surface area contributed by atoms with Gasteiger partial charge in [0.05, 0.1) is 0 Å². The molecule has 0 aliphatic carbocycles. The van der Waals surface area contributed by atoms with Crippen LogP contribution in [0, 0.1) is 0 Å². The molecule has 140 valence electrons. The normalized spacial score (nSPS) is 13.1. The Bertz CT molecular complexity index is 1080. The highest BCUT2D eigenvalue weighted by molar-refractivity contribution is 7.97. The molecule has 4 rings (SSSR count). The van der Waals surface area contributed by atoms with Gasteiger partial charge in [-0.15, -0.1) is 0 Å². The van der Waals surface area contributed by atoms with E-state index < -0.39 is 0 Å². The van der Waals surface area contributed by atoms with E-state index in [0.717, 1.165) is 17.1 Å². The first-order chi connectivity index (χ1) is 13.0. The lowest BCUT2D eigenvalue weighted by Crippen LogP contribution is -2.28. The van der Waals surface area contributed by atoms with Crippen molar-refractivity contribution >= 4 is 45.4 Å². The van der Waals surface area contributed by atoms with Crippen LogP contribution in [0.5, 0.6) is 0 Å². The largest absolute Gasteiger partial charge is 0.361 e. The van der Waals surface area contributed by atoms with Crippen molar-refractivity contribution in [1.82, 2.24) is 19.2 Å². The van der Waals surface area contributed by atoms with E-state index in [2.05, 4.69) is 82.9 Å². The number of rotatable bonds is 6. The summed E-state index contributed by atoms with van der Waals surface area (Å²) in [4.78, 5) is 6.71. The molecule has 4 nitrogen and oxygen atoms in total. The van der Waals surface area contributed by atoms with Gasteiger partial charge in [0.25, 0.3) is 0 Å². The first-order valence-electron chi connectivity index (χ1n) is 8.90. The summed E-state index contributed by atoms with van der Waals surface area (Å²) >= 11 is 7.93. The van der Waals surface area contributed by atoms with Gasteiger partial charge in [0, 0.05) is 58.4 Å². The Balaban J connectivity index is 1.54. The highest BCUT2D eigenvalue weighted by Crippen LogP contribution is 2.31. The van der Waals surface area contributed by atoms with Crippen molar-refractivity contribution < 1.29 is 0 Å². The first kappa shape index (κ1) is 18.4. The van der Waals surface area contributed by atoms with Crippen molar-refractivity contribution in [3.8, 4) is 0 Å². The van der Waals surface area contributed by atoms with Crippen LogP contribution in [0.2, 0.25) is 5.02 Å². The maximum absolute atomic E-state index is 6.26. The SMILES string of the molecule is CN(C)C(CNSc1ccc2cc[nH]c2c1)c1cn(C)c2ccc(Cl)cc12. The second-order valence-corrected chi connectivity index (χ2v) is 8.41. The molecule has 0 aliphatic heterocycles. The summed E-state index contributed by atoms with van der Waals surface area (Å²) in [5.41, 5.74) is 3.65. The zero-order valence-electron chi connectivity index (χ0n) is 15.7. The van der Waals surface area contributed by atoms with Crippen LogP contribution in [-0.2, 0) is 7.05 Å². The number of nitrogens with one attached hydrogen (secondary N) is 2. The number of aromatic nitrogens is 2. The molecule has 1 atom stereocenters. The molecule has 0 radical (unpaired) electrons. The number of aromatic amines is 1. The number of H-pyrrole nitrogens is 1. The van der Waals surface area contributed by atoms with Gasteiger partial charge in [-0.2, -0.15) is 0 Å². The average Bonchev–Trinajstić information content (AvgIpc) is 3.22. The molecule has 0 saturated carbocycles. The predicted molar refractivity (Wildman–Crippen MR) is 117 cm³/mol. The van der Waals surface area contributed by atoms with Crippen molar-refractivity contribution in [2.45, 2.75) is 10.9 Å². The maximum atomic E-state index is 6.26. The number of likely N-dealkylation sites (N-methyl/N-ethyl adjacent to an activating group) is 1. The number of hydrogen-bond donors (Lipinski definition) is 2. The van der Waals surface area contributed by atoms with Gasteiger partial charge in [-0.25, -0.2) is 0 Å². The summed E-state index contributed by atoms with van der Waals surface area (Å²) in [5.74, 6) is 0. The van der Waals surface area contributed by atoms with E-state index in [9.17, 15) is 0 Å². The highest BCUT2D eigenvalue weighted by atomic mass is 35.5. The molecule has 2 heterocycles. The Morgan fingerprint density at radius 3 is 2.85 bits per heavy atom. The van der Waals surface area contributed by atoms with Crippen LogP contribution in [0.3, 0.4) is 0 Å². The summed E-state index contributed by atoms with van der Waals surface area (Å²) < 4.78 is 5.72. The van der Waals surface area contributed by atoms with E-state index in [0.29, 0.717) is 0 Å². The molecule has 0 spiro atoms. The molecule has 0 saturated heterocycles. The van der Waals surface area contributed by atoms with Gasteiger partial charge in [0.1, 0.15) is 0 Å². The van der Waals surface area contributed by atoms with Crippen molar-refractivity contribution in [3.05, 3.63) is 65.4 Å².